The van der Waals surface area contributed by atoms with Crippen molar-refractivity contribution < 1.29 is 14.3 Å². The first-order chi connectivity index (χ1) is 14.2. The predicted molar refractivity (Wildman–Crippen MR) is 111 cm³/mol. The molecule has 4 rings (SSSR count). The molecule has 0 fully saturated rings. The van der Waals surface area contributed by atoms with Gasteiger partial charge in [0.05, 0.1) is 18.2 Å². The molecule has 5 nitrogen and oxygen atoms in total. The van der Waals surface area contributed by atoms with Gasteiger partial charge in [-0.2, -0.15) is 5.26 Å². The highest BCUT2D eigenvalue weighted by molar-refractivity contribution is 5.90. The summed E-state index contributed by atoms with van der Waals surface area (Å²) in [5.41, 5.74) is 2.89. The van der Waals surface area contributed by atoms with Gasteiger partial charge in [0, 0.05) is 24.0 Å². The number of aromatic nitrogens is 1. The van der Waals surface area contributed by atoms with Crippen molar-refractivity contribution in [1.29, 1.82) is 5.26 Å². The Bertz CT molecular complexity index is 1280. The molecule has 0 saturated heterocycles. The average molecular weight is 382 g/mol. The highest BCUT2D eigenvalue weighted by Gasteiger charge is 2.11. The Balaban J connectivity index is 1.45. The summed E-state index contributed by atoms with van der Waals surface area (Å²) in [4.78, 5) is 12.1. The van der Waals surface area contributed by atoms with Gasteiger partial charge in [-0.1, -0.05) is 24.3 Å². The third-order valence-corrected chi connectivity index (χ3v) is 4.73. The van der Waals surface area contributed by atoms with Gasteiger partial charge in [-0.3, -0.25) is 0 Å². The molecule has 0 radical (unpaired) electrons. The summed E-state index contributed by atoms with van der Waals surface area (Å²) in [6.45, 7) is 0.0469. The molecule has 5 heteroatoms. The smallest absolute Gasteiger partial charge is 0.331 e. The molecule has 0 unspecified atom stereocenters. The Morgan fingerprint density at radius 3 is 2.79 bits per heavy atom. The van der Waals surface area contributed by atoms with Crippen molar-refractivity contribution in [2.24, 2.45) is 0 Å². The van der Waals surface area contributed by atoms with Gasteiger partial charge in [0.15, 0.2) is 0 Å². The standard InChI is InChI=1S/C24H18N2O3/c1-28-21-9-8-18-12-17(5-7-19(18)13-21)6-10-24(27)29-16-20-15-26-11-3-2-4-23(26)22(20)14-25/h2-13,15H,16H2,1H3/b10-6+. The van der Waals surface area contributed by atoms with Crippen LogP contribution in [0.5, 0.6) is 5.75 Å². The Hall–Kier alpha value is -4.04. The van der Waals surface area contributed by atoms with Gasteiger partial charge in [-0.25, -0.2) is 4.79 Å². The third-order valence-electron chi connectivity index (χ3n) is 4.73. The number of rotatable bonds is 5. The second kappa shape index (κ2) is 7.91. The molecule has 0 saturated carbocycles. The fourth-order valence-corrected chi connectivity index (χ4v) is 3.25. The SMILES string of the molecule is COc1ccc2cc(/C=C/C(=O)OCc3cn4ccccc4c3C#N)ccc2c1. The summed E-state index contributed by atoms with van der Waals surface area (Å²) in [5, 5.41) is 11.5. The minimum atomic E-state index is -0.459. The van der Waals surface area contributed by atoms with Crippen molar-refractivity contribution in [3.63, 3.8) is 0 Å². The van der Waals surface area contributed by atoms with E-state index in [9.17, 15) is 10.1 Å². The first kappa shape index (κ1) is 18.3. The summed E-state index contributed by atoms with van der Waals surface area (Å²) in [6.07, 6.45) is 6.78. The van der Waals surface area contributed by atoms with E-state index in [2.05, 4.69) is 6.07 Å². The van der Waals surface area contributed by atoms with Crippen molar-refractivity contribution in [1.82, 2.24) is 4.40 Å². The van der Waals surface area contributed by atoms with E-state index in [-0.39, 0.29) is 6.61 Å². The number of nitriles is 1. The Labute approximate surface area is 168 Å². The topological polar surface area (TPSA) is 63.7 Å². The number of hydrogen-bond acceptors (Lipinski definition) is 4. The molecule has 29 heavy (non-hydrogen) atoms. The Kier molecular flexibility index (Phi) is 5.00. The van der Waals surface area contributed by atoms with Crippen LogP contribution in [-0.4, -0.2) is 17.5 Å². The lowest BCUT2D eigenvalue weighted by Crippen LogP contribution is -2.01. The van der Waals surface area contributed by atoms with Crippen LogP contribution in [-0.2, 0) is 16.1 Å². The van der Waals surface area contributed by atoms with E-state index in [1.54, 1.807) is 13.2 Å². The van der Waals surface area contributed by atoms with Crippen molar-refractivity contribution in [3.05, 3.63) is 89.8 Å². The van der Waals surface area contributed by atoms with Gasteiger partial charge in [-0.15, -0.1) is 0 Å². The van der Waals surface area contributed by atoms with Crippen molar-refractivity contribution in [3.8, 4) is 11.8 Å². The number of methoxy groups -OCH3 is 1. The molecular weight excluding hydrogens is 364 g/mol. The molecule has 142 valence electrons. The summed E-state index contributed by atoms with van der Waals surface area (Å²) >= 11 is 0. The molecule has 0 amide bonds. The largest absolute Gasteiger partial charge is 0.497 e. The monoisotopic (exact) mass is 382 g/mol. The molecule has 2 aromatic carbocycles. The van der Waals surface area contributed by atoms with Gasteiger partial charge < -0.3 is 13.9 Å². The van der Waals surface area contributed by atoms with E-state index in [4.69, 9.17) is 9.47 Å². The first-order valence-electron chi connectivity index (χ1n) is 9.09. The number of fused-ring (bicyclic) bond motifs is 2. The van der Waals surface area contributed by atoms with E-state index < -0.39 is 5.97 Å². The second-order valence-corrected chi connectivity index (χ2v) is 6.55. The van der Waals surface area contributed by atoms with E-state index in [0.717, 1.165) is 27.6 Å². The lowest BCUT2D eigenvalue weighted by atomic mass is 10.1. The number of nitrogens with zero attached hydrogens (tertiary/aromatic N) is 2. The molecule has 0 aliphatic rings. The summed E-state index contributed by atoms with van der Waals surface area (Å²) in [6, 6.07) is 19.5. The van der Waals surface area contributed by atoms with Crippen molar-refractivity contribution in [2.75, 3.05) is 7.11 Å². The van der Waals surface area contributed by atoms with E-state index in [1.807, 2.05) is 71.4 Å². The van der Waals surface area contributed by atoms with Crippen LogP contribution in [0.2, 0.25) is 0 Å². The molecular formula is C24H18N2O3. The average Bonchev–Trinajstić information content (AvgIpc) is 3.13. The van der Waals surface area contributed by atoms with Gasteiger partial charge in [0.25, 0.3) is 0 Å². The zero-order valence-electron chi connectivity index (χ0n) is 15.8. The number of carbonyl (C=O) groups excluding carboxylic acids is 1. The zero-order valence-corrected chi connectivity index (χ0v) is 15.8. The van der Waals surface area contributed by atoms with Crippen molar-refractivity contribution >= 4 is 28.3 Å². The summed E-state index contributed by atoms with van der Waals surface area (Å²) in [7, 11) is 1.64. The number of pyridine rings is 1. The van der Waals surface area contributed by atoms with Gasteiger partial charge >= 0.3 is 5.97 Å². The molecule has 0 atom stereocenters. The quantitative estimate of drug-likeness (QED) is 0.370. The highest BCUT2D eigenvalue weighted by atomic mass is 16.5. The minimum absolute atomic E-state index is 0.0469. The van der Waals surface area contributed by atoms with E-state index in [0.29, 0.717) is 11.1 Å². The number of hydrogen-bond donors (Lipinski definition) is 0. The first-order valence-corrected chi connectivity index (χ1v) is 9.09. The fraction of sp³-hybridized carbons (Fsp3) is 0.0833. The maximum Gasteiger partial charge on any atom is 0.331 e. The predicted octanol–water partition coefficient (Wildman–Crippen LogP) is 4.73. The van der Waals surface area contributed by atoms with Gasteiger partial charge in [-0.05, 0) is 52.7 Å². The summed E-state index contributed by atoms with van der Waals surface area (Å²) < 4.78 is 12.4. The van der Waals surface area contributed by atoms with E-state index >= 15 is 0 Å². The van der Waals surface area contributed by atoms with Crippen LogP contribution in [0.3, 0.4) is 0 Å². The third kappa shape index (κ3) is 3.83. The molecule has 2 heterocycles. The number of ether oxygens (including phenoxy) is 2. The zero-order chi connectivity index (χ0) is 20.2. The normalized spacial score (nSPS) is 11.0. The van der Waals surface area contributed by atoms with Crippen LogP contribution in [0.25, 0.3) is 22.4 Å². The van der Waals surface area contributed by atoms with Crippen LogP contribution < -0.4 is 4.74 Å². The van der Waals surface area contributed by atoms with Crippen LogP contribution >= 0.6 is 0 Å². The maximum atomic E-state index is 12.1. The summed E-state index contributed by atoms with van der Waals surface area (Å²) in [5.74, 6) is 0.346. The van der Waals surface area contributed by atoms with E-state index in [1.165, 1.54) is 6.08 Å². The number of esters is 1. The number of carbonyl (C=O) groups is 1. The Morgan fingerprint density at radius 2 is 1.97 bits per heavy atom. The highest BCUT2D eigenvalue weighted by Crippen LogP contribution is 2.22. The molecule has 0 spiro atoms. The van der Waals surface area contributed by atoms with Crippen LogP contribution in [0.15, 0.2) is 73.1 Å². The molecule has 4 aromatic rings. The molecule has 0 bridgehead atoms. The van der Waals surface area contributed by atoms with Gasteiger partial charge in [0.1, 0.15) is 18.4 Å². The van der Waals surface area contributed by atoms with Crippen LogP contribution in [0.1, 0.15) is 16.7 Å². The molecule has 0 N–H and O–H groups in total. The number of benzene rings is 2. The molecule has 0 aliphatic carbocycles. The van der Waals surface area contributed by atoms with Crippen LogP contribution in [0, 0.1) is 11.3 Å². The fourth-order valence-electron chi connectivity index (χ4n) is 3.25. The second-order valence-electron chi connectivity index (χ2n) is 6.55. The Morgan fingerprint density at radius 1 is 1.14 bits per heavy atom. The lowest BCUT2D eigenvalue weighted by molar-refractivity contribution is -0.138. The van der Waals surface area contributed by atoms with Gasteiger partial charge in [0.2, 0.25) is 0 Å². The molecule has 0 aliphatic heterocycles. The minimum Gasteiger partial charge on any atom is -0.497 e. The van der Waals surface area contributed by atoms with Crippen LogP contribution in [0.4, 0.5) is 0 Å². The maximum absolute atomic E-state index is 12.1. The molecule has 2 aromatic heterocycles. The lowest BCUT2D eigenvalue weighted by Gasteiger charge is -2.03. The van der Waals surface area contributed by atoms with Crippen molar-refractivity contribution in [2.45, 2.75) is 6.61 Å².